The maximum Gasteiger partial charge on any atom is 0.314 e. The van der Waals surface area contributed by atoms with Gasteiger partial charge in [0.2, 0.25) is 5.60 Å². The van der Waals surface area contributed by atoms with Gasteiger partial charge in [-0.25, -0.2) is 0 Å². The second-order valence-electron chi connectivity index (χ2n) is 10.1. The Hall–Kier alpha value is -4.82. The highest BCUT2D eigenvalue weighted by atomic mass is 16.5. The van der Waals surface area contributed by atoms with Gasteiger partial charge >= 0.3 is 5.97 Å². The normalized spacial score (nSPS) is 24.2. The minimum atomic E-state index is -2.39. The number of carbonyl (C=O) groups excluding carboxylic acids is 1. The van der Waals surface area contributed by atoms with Gasteiger partial charge in [-0.05, 0) is 23.3 Å². The number of Topliss-reactive ketones (excluding diaryl/α,β-unsaturated/α-hetero) is 1. The van der Waals surface area contributed by atoms with E-state index in [2.05, 4.69) is 0 Å². The summed E-state index contributed by atoms with van der Waals surface area (Å²) < 4.78 is 23.6. The summed E-state index contributed by atoms with van der Waals surface area (Å²) in [5, 5.41) is 23.0. The summed E-state index contributed by atoms with van der Waals surface area (Å²) in [6.45, 7) is 0.348. The van der Waals surface area contributed by atoms with Crippen LogP contribution < -0.4 is 18.9 Å². The van der Waals surface area contributed by atoms with Crippen molar-refractivity contribution >= 4 is 11.8 Å². The lowest BCUT2D eigenvalue weighted by Gasteiger charge is -2.39. The summed E-state index contributed by atoms with van der Waals surface area (Å²) >= 11 is 0. The molecule has 41 heavy (non-hydrogen) atoms. The number of methoxy groups -OCH3 is 2. The molecule has 6 rings (SSSR count). The molecule has 0 saturated heterocycles. The summed E-state index contributed by atoms with van der Waals surface area (Å²) in [6, 6.07) is 28.5. The van der Waals surface area contributed by atoms with Gasteiger partial charge in [0.25, 0.3) is 0 Å². The molecule has 1 aliphatic heterocycles. The van der Waals surface area contributed by atoms with Gasteiger partial charge in [-0.1, -0.05) is 72.8 Å². The smallest absolute Gasteiger partial charge is 0.314 e. The van der Waals surface area contributed by atoms with Crippen LogP contribution in [0.2, 0.25) is 0 Å². The maximum absolute atomic E-state index is 14.2. The maximum atomic E-state index is 14.2. The van der Waals surface area contributed by atoms with Crippen LogP contribution in [-0.2, 0) is 27.4 Å². The summed E-state index contributed by atoms with van der Waals surface area (Å²) in [5.74, 6) is -3.65. The third kappa shape index (κ3) is 3.86. The van der Waals surface area contributed by atoms with Crippen molar-refractivity contribution in [3.05, 3.63) is 119 Å². The molecule has 0 spiro atoms. The first-order chi connectivity index (χ1) is 19.8. The molecule has 0 bridgehead atoms. The van der Waals surface area contributed by atoms with E-state index in [1.807, 2.05) is 30.3 Å². The van der Waals surface area contributed by atoms with Crippen molar-refractivity contribution < 1.29 is 38.7 Å². The van der Waals surface area contributed by atoms with E-state index in [0.29, 0.717) is 29.2 Å². The van der Waals surface area contributed by atoms with Crippen molar-refractivity contribution in [1.82, 2.24) is 0 Å². The van der Waals surface area contributed by atoms with Gasteiger partial charge < -0.3 is 29.2 Å². The Balaban J connectivity index is 1.54. The van der Waals surface area contributed by atoms with Crippen LogP contribution in [0.3, 0.4) is 0 Å². The number of aliphatic hydroxyl groups is 1. The average Bonchev–Trinajstić information content (AvgIpc) is 3.39. The highest BCUT2D eigenvalue weighted by Crippen LogP contribution is 2.68. The van der Waals surface area contributed by atoms with Gasteiger partial charge in [0.1, 0.15) is 35.5 Å². The molecule has 2 unspecified atom stereocenters. The van der Waals surface area contributed by atoms with Gasteiger partial charge in [-0.2, -0.15) is 0 Å². The van der Waals surface area contributed by atoms with Crippen molar-refractivity contribution in [2.24, 2.45) is 5.92 Å². The van der Waals surface area contributed by atoms with Crippen LogP contribution in [0.5, 0.6) is 23.0 Å². The Kier molecular flexibility index (Phi) is 6.43. The Morgan fingerprint density at radius 1 is 0.878 bits per heavy atom. The molecule has 4 aromatic carbocycles. The zero-order chi connectivity index (χ0) is 28.8. The van der Waals surface area contributed by atoms with E-state index >= 15 is 0 Å². The van der Waals surface area contributed by atoms with Gasteiger partial charge in [0.05, 0.1) is 25.7 Å². The average molecular weight is 553 g/mol. The molecule has 2 aliphatic rings. The Labute approximate surface area is 236 Å². The third-order valence-corrected chi connectivity index (χ3v) is 8.03. The van der Waals surface area contributed by atoms with Gasteiger partial charge in [-0.3, -0.25) is 9.59 Å². The highest BCUT2D eigenvalue weighted by molar-refractivity contribution is 6.09. The number of fused-ring (bicyclic) bond motifs is 3. The molecule has 208 valence electrons. The molecular weight excluding hydrogens is 524 g/mol. The lowest BCUT2D eigenvalue weighted by Crippen LogP contribution is -2.50. The number of hydrogen-bond donors (Lipinski definition) is 2. The summed E-state index contributed by atoms with van der Waals surface area (Å²) in [5.41, 5.74) is -2.22. The van der Waals surface area contributed by atoms with E-state index in [0.717, 1.165) is 5.56 Å². The number of carboxylic acids is 1. The number of carbonyl (C=O) groups is 2. The van der Waals surface area contributed by atoms with Crippen LogP contribution in [0.15, 0.2) is 97.1 Å². The number of aliphatic carboxylic acids is 1. The zero-order valence-electron chi connectivity index (χ0n) is 22.4. The quantitative estimate of drug-likeness (QED) is 0.299. The third-order valence-electron chi connectivity index (χ3n) is 8.03. The molecule has 4 aromatic rings. The molecule has 1 aliphatic carbocycles. The monoisotopic (exact) mass is 552 g/mol. The molecule has 4 atom stereocenters. The first-order valence-corrected chi connectivity index (χ1v) is 13.1. The summed E-state index contributed by atoms with van der Waals surface area (Å²) in [6.07, 6.45) is 0. The second-order valence-corrected chi connectivity index (χ2v) is 10.1. The van der Waals surface area contributed by atoms with Crippen molar-refractivity contribution in [1.29, 1.82) is 0 Å². The fraction of sp³-hybridized carbons (Fsp3) is 0.212. The molecule has 8 heteroatoms. The molecule has 0 aromatic heterocycles. The molecule has 8 nitrogen and oxygen atoms in total. The van der Waals surface area contributed by atoms with E-state index in [4.69, 9.17) is 18.9 Å². The van der Waals surface area contributed by atoms with Gasteiger partial charge in [0.15, 0.2) is 11.4 Å². The fourth-order valence-electron chi connectivity index (χ4n) is 6.25. The number of ether oxygens (including phenoxy) is 4. The zero-order valence-corrected chi connectivity index (χ0v) is 22.4. The van der Waals surface area contributed by atoms with Crippen molar-refractivity contribution in [3.63, 3.8) is 0 Å². The predicted octanol–water partition coefficient (Wildman–Crippen LogP) is 4.83. The van der Waals surface area contributed by atoms with E-state index in [1.54, 1.807) is 60.7 Å². The number of carboxylic acid groups (broad SMARTS) is 1. The lowest BCUT2D eigenvalue weighted by molar-refractivity contribution is -0.154. The highest BCUT2D eigenvalue weighted by Gasteiger charge is 2.78. The first kappa shape index (κ1) is 26.4. The van der Waals surface area contributed by atoms with E-state index in [1.165, 1.54) is 20.3 Å². The standard InChI is InChI=1S/C33H28O8/c1-38-24-17-25(39-2)29-26(18-24)41-33(22-13-15-23(16-14-22)40-19-20-9-5-3-6-10-20)28(21-11-7-4-8-12-21)27(31(35)36)30(34)32(29,33)37/h3-18,27-28,37H,19H2,1-2H3,(H,35,36)/t27?,28?,32-,33-/m0/s1. The number of rotatable bonds is 8. The molecule has 1 fully saturated rings. The Bertz CT molecular complexity index is 1600. The topological polar surface area (TPSA) is 112 Å². The van der Waals surface area contributed by atoms with Crippen molar-refractivity contribution in [2.75, 3.05) is 14.2 Å². The number of hydrogen-bond acceptors (Lipinski definition) is 7. The molecule has 1 saturated carbocycles. The Morgan fingerprint density at radius 3 is 2.15 bits per heavy atom. The van der Waals surface area contributed by atoms with Crippen molar-refractivity contribution in [2.45, 2.75) is 23.7 Å². The van der Waals surface area contributed by atoms with E-state index in [-0.39, 0.29) is 17.1 Å². The molecule has 0 radical (unpaired) electrons. The second kappa shape index (κ2) is 9.98. The van der Waals surface area contributed by atoms with Gasteiger partial charge in [-0.15, -0.1) is 0 Å². The molecule has 1 heterocycles. The van der Waals surface area contributed by atoms with Crippen LogP contribution in [0.1, 0.15) is 28.2 Å². The van der Waals surface area contributed by atoms with Crippen LogP contribution in [0.4, 0.5) is 0 Å². The van der Waals surface area contributed by atoms with Crippen LogP contribution in [0, 0.1) is 5.92 Å². The minimum absolute atomic E-state index is 0.0693. The molecule has 2 N–H and O–H groups in total. The van der Waals surface area contributed by atoms with E-state index < -0.39 is 34.8 Å². The SMILES string of the molecule is COc1cc(OC)c2c(c1)O[C@@]1(c3ccc(OCc4ccccc4)cc3)C(c3ccccc3)C(C(=O)O)C(=O)[C@@]21O. The minimum Gasteiger partial charge on any atom is -0.496 e. The number of ketones is 1. The van der Waals surface area contributed by atoms with Gasteiger partial charge in [0, 0.05) is 17.7 Å². The van der Waals surface area contributed by atoms with Crippen LogP contribution in [-0.4, -0.2) is 36.2 Å². The molecular formula is C33H28O8. The largest absolute Gasteiger partial charge is 0.496 e. The Morgan fingerprint density at radius 2 is 1.54 bits per heavy atom. The predicted molar refractivity (Wildman–Crippen MR) is 148 cm³/mol. The lowest BCUT2D eigenvalue weighted by atomic mass is 9.70. The van der Waals surface area contributed by atoms with Crippen LogP contribution in [0.25, 0.3) is 0 Å². The van der Waals surface area contributed by atoms with Crippen molar-refractivity contribution in [3.8, 4) is 23.0 Å². The van der Waals surface area contributed by atoms with Crippen LogP contribution >= 0.6 is 0 Å². The first-order valence-electron chi connectivity index (χ1n) is 13.1. The fourth-order valence-corrected chi connectivity index (χ4v) is 6.25. The van der Waals surface area contributed by atoms with E-state index in [9.17, 15) is 19.8 Å². The molecule has 0 amide bonds. The number of benzene rings is 4. The summed E-state index contributed by atoms with van der Waals surface area (Å²) in [4.78, 5) is 26.9. The summed E-state index contributed by atoms with van der Waals surface area (Å²) in [7, 11) is 2.88.